The second-order valence-electron chi connectivity index (χ2n) is 5.83. The number of hydrogen-bond acceptors (Lipinski definition) is 4. The van der Waals surface area contributed by atoms with Crippen LogP contribution in [0, 0.1) is 5.92 Å². The summed E-state index contributed by atoms with van der Waals surface area (Å²) in [6.45, 7) is 3.91. The van der Waals surface area contributed by atoms with Gasteiger partial charge in [-0.3, -0.25) is 14.9 Å². The van der Waals surface area contributed by atoms with Gasteiger partial charge in [0, 0.05) is 32.1 Å². The summed E-state index contributed by atoms with van der Waals surface area (Å²) in [5.41, 5.74) is 0. The van der Waals surface area contributed by atoms with E-state index in [4.69, 9.17) is 0 Å². The Morgan fingerprint density at radius 1 is 1.35 bits per heavy atom. The van der Waals surface area contributed by atoms with E-state index in [2.05, 4.69) is 17.1 Å². The minimum absolute atomic E-state index is 0.0476. The molecule has 0 aromatic rings. The van der Waals surface area contributed by atoms with Crippen LogP contribution in [0.3, 0.4) is 0 Å². The van der Waals surface area contributed by atoms with E-state index in [1.165, 1.54) is 4.90 Å². The van der Waals surface area contributed by atoms with Crippen molar-refractivity contribution in [3.05, 3.63) is 0 Å². The molecule has 7 heteroatoms. The van der Waals surface area contributed by atoms with Gasteiger partial charge in [-0.2, -0.15) is 0 Å². The van der Waals surface area contributed by atoms with Crippen molar-refractivity contribution in [3.63, 3.8) is 0 Å². The lowest BCUT2D eigenvalue weighted by atomic mass is 10.1. The Kier molecular flexibility index (Phi) is 4.27. The third-order valence-corrected chi connectivity index (χ3v) is 4.06. The smallest absolute Gasteiger partial charge is 0.324 e. The topological polar surface area (TPSA) is 73.0 Å². The number of urea groups is 1. The zero-order valence-corrected chi connectivity index (χ0v) is 12.3. The van der Waals surface area contributed by atoms with E-state index in [0.29, 0.717) is 25.0 Å². The van der Waals surface area contributed by atoms with Crippen LogP contribution in [0.1, 0.15) is 13.3 Å². The molecule has 0 radical (unpaired) electrons. The number of imide groups is 1. The number of likely N-dealkylation sites (N-methyl/N-ethyl adjacent to an activating group) is 1. The second kappa shape index (κ2) is 5.78. The summed E-state index contributed by atoms with van der Waals surface area (Å²) >= 11 is 0. The Balaban J connectivity index is 1.90. The molecular weight excluding hydrogens is 260 g/mol. The quantitative estimate of drug-likeness (QED) is 0.745. The highest BCUT2D eigenvalue weighted by Crippen LogP contribution is 2.20. The lowest BCUT2D eigenvalue weighted by Crippen LogP contribution is -2.52. The maximum Gasteiger partial charge on any atom is 0.324 e. The number of likely N-dealkylation sites (tertiary alicyclic amines) is 1. The molecule has 0 bridgehead atoms. The SMILES string of the molecule is C[C@H]1CN(C(=O)CN2CCC(=O)NC2=O)C[C@H]1N(C)C. The Hall–Kier alpha value is -1.63. The Labute approximate surface area is 118 Å². The third kappa shape index (κ3) is 3.09. The molecule has 1 N–H and O–H groups in total. The van der Waals surface area contributed by atoms with Gasteiger partial charge in [0.05, 0.1) is 0 Å². The van der Waals surface area contributed by atoms with Crippen LogP contribution in [-0.4, -0.2) is 78.9 Å². The Bertz CT molecular complexity index is 424. The summed E-state index contributed by atoms with van der Waals surface area (Å²) in [5.74, 6) is 0.0950. The first-order valence-corrected chi connectivity index (χ1v) is 6.91. The van der Waals surface area contributed by atoms with Crippen LogP contribution >= 0.6 is 0 Å². The number of carbonyl (C=O) groups excluding carboxylic acids is 3. The van der Waals surface area contributed by atoms with Gasteiger partial charge in [0.15, 0.2) is 0 Å². The van der Waals surface area contributed by atoms with Gasteiger partial charge in [-0.25, -0.2) is 4.79 Å². The van der Waals surface area contributed by atoms with Crippen molar-refractivity contribution >= 4 is 17.8 Å². The van der Waals surface area contributed by atoms with E-state index < -0.39 is 6.03 Å². The van der Waals surface area contributed by atoms with E-state index in [0.717, 1.165) is 6.54 Å². The fourth-order valence-corrected chi connectivity index (χ4v) is 2.84. The maximum atomic E-state index is 12.3. The summed E-state index contributed by atoms with van der Waals surface area (Å²) < 4.78 is 0. The van der Waals surface area contributed by atoms with Crippen LogP contribution in [0.2, 0.25) is 0 Å². The maximum absolute atomic E-state index is 12.3. The average Bonchev–Trinajstić information content (AvgIpc) is 2.75. The van der Waals surface area contributed by atoms with Crippen molar-refractivity contribution in [2.75, 3.05) is 40.3 Å². The number of hydrogen-bond donors (Lipinski definition) is 1. The molecule has 7 nitrogen and oxygen atoms in total. The van der Waals surface area contributed by atoms with Crippen LogP contribution in [0.15, 0.2) is 0 Å². The van der Waals surface area contributed by atoms with E-state index in [-0.39, 0.29) is 24.8 Å². The molecule has 2 heterocycles. The highest BCUT2D eigenvalue weighted by molar-refractivity contribution is 5.98. The van der Waals surface area contributed by atoms with E-state index in [1.54, 1.807) is 4.90 Å². The normalized spacial score (nSPS) is 27.2. The van der Waals surface area contributed by atoms with Gasteiger partial charge in [0.2, 0.25) is 11.8 Å². The fraction of sp³-hybridized carbons (Fsp3) is 0.769. The molecule has 20 heavy (non-hydrogen) atoms. The van der Waals surface area contributed by atoms with Gasteiger partial charge >= 0.3 is 6.03 Å². The molecule has 2 aliphatic rings. The highest BCUT2D eigenvalue weighted by Gasteiger charge is 2.35. The van der Waals surface area contributed by atoms with Crippen LogP contribution in [-0.2, 0) is 9.59 Å². The number of nitrogens with zero attached hydrogens (tertiary/aromatic N) is 3. The van der Waals surface area contributed by atoms with Crippen molar-refractivity contribution in [2.45, 2.75) is 19.4 Å². The molecule has 0 saturated carbocycles. The molecule has 2 aliphatic heterocycles. The lowest BCUT2D eigenvalue weighted by Gasteiger charge is -2.28. The zero-order chi connectivity index (χ0) is 14.9. The minimum Gasteiger partial charge on any atom is -0.339 e. The number of rotatable bonds is 3. The molecule has 0 unspecified atom stereocenters. The molecule has 4 amide bonds. The summed E-state index contributed by atoms with van der Waals surface area (Å²) in [6.07, 6.45) is 0.260. The number of nitrogens with one attached hydrogen (secondary N) is 1. The molecule has 0 aliphatic carbocycles. The van der Waals surface area contributed by atoms with Crippen LogP contribution in [0.25, 0.3) is 0 Å². The molecular formula is C13H22N4O3. The molecule has 112 valence electrons. The molecule has 2 rings (SSSR count). The summed E-state index contributed by atoms with van der Waals surface area (Å²) in [4.78, 5) is 40.3. The molecule has 2 atom stereocenters. The van der Waals surface area contributed by atoms with Crippen LogP contribution in [0.5, 0.6) is 0 Å². The summed E-state index contributed by atoms with van der Waals surface area (Å²) in [7, 11) is 4.03. The van der Waals surface area contributed by atoms with Gasteiger partial charge in [0.25, 0.3) is 0 Å². The first kappa shape index (κ1) is 14.8. The average molecular weight is 282 g/mol. The molecule has 0 aromatic carbocycles. The van der Waals surface area contributed by atoms with Gasteiger partial charge < -0.3 is 14.7 Å². The fourth-order valence-electron chi connectivity index (χ4n) is 2.84. The van der Waals surface area contributed by atoms with Crippen LogP contribution in [0.4, 0.5) is 4.79 Å². The van der Waals surface area contributed by atoms with Gasteiger partial charge in [-0.1, -0.05) is 6.92 Å². The summed E-state index contributed by atoms with van der Waals surface area (Å²) in [6, 6.07) is -0.110. The van der Waals surface area contributed by atoms with E-state index >= 15 is 0 Å². The Morgan fingerprint density at radius 2 is 2.05 bits per heavy atom. The highest BCUT2D eigenvalue weighted by atomic mass is 16.2. The van der Waals surface area contributed by atoms with Crippen molar-refractivity contribution in [3.8, 4) is 0 Å². The van der Waals surface area contributed by atoms with Crippen LogP contribution < -0.4 is 5.32 Å². The zero-order valence-electron chi connectivity index (χ0n) is 12.3. The van der Waals surface area contributed by atoms with Crippen molar-refractivity contribution in [1.29, 1.82) is 0 Å². The largest absolute Gasteiger partial charge is 0.339 e. The van der Waals surface area contributed by atoms with Crippen molar-refractivity contribution in [1.82, 2.24) is 20.0 Å². The first-order chi connectivity index (χ1) is 9.38. The predicted octanol–water partition coefficient (Wildman–Crippen LogP) is -0.663. The van der Waals surface area contributed by atoms with E-state index in [9.17, 15) is 14.4 Å². The summed E-state index contributed by atoms with van der Waals surface area (Å²) in [5, 5.41) is 2.23. The lowest BCUT2D eigenvalue weighted by molar-refractivity contribution is -0.132. The second-order valence-corrected chi connectivity index (χ2v) is 5.83. The predicted molar refractivity (Wildman–Crippen MR) is 72.9 cm³/mol. The van der Waals surface area contributed by atoms with E-state index in [1.807, 2.05) is 14.1 Å². The standard InChI is InChI=1S/C13H22N4O3/c1-9-6-17(7-10(9)15(2)3)12(19)8-16-5-4-11(18)14-13(16)20/h9-10H,4-8H2,1-3H3,(H,14,18,20)/t9-,10+/m0/s1. The third-order valence-electron chi connectivity index (χ3n) is 4.06. The first-order valence-electron chi connectivity index (χ1n) is 6.91. The monoisotopic (exact) mass is 282 g/mol. The molecule has 0 spiro atoms. The Morgan fingerprint density at radius 3 is 2.60 bits per heavy atom. The number of carbonyl (C=O) groups is 3. The minimum atomic E-state index is -0.467. The van der Waals surface area contributed by atoms with Crippen molar-refractivity contribution in [2.24, 2.45) is 5.92 Å². The van der Waals surface area contributed by atoms with Gasteiger partial charge in [-0.05, 0) is 20.0 Å². The molecule has 0 aromatic heterocycles. The molecule has 2 saturated heterocycles. The van der Waals surface area contributed by atoms with Crippen molar-refractivity contribution < 1.29 is 14.4 Å². The van der Waals surface area contributed by atoms with Gasteiger partial charge in [0.1, 0.15) is 6.54 Å². The number of amides is 4. The van der Waals surface area contributed by atoms with Gasteiger partial charge in [-0.15, -0.1) is 0 Å². The molecule has 2 fully saturated rings.